The maximum Gasteiger partial charge on any atom is 0.0544 e. The first-order chi connectivity index (χ1) is 21.6. The fraction of sp³-hybridized carbons (Fsp3) is 0.116. The molecule has 1 aromatic heterocycles. The van der Waals surface area contributed by atoms with E-state index in [4.69, 9.17) is 0 Å². The van der Waals surface area contributed by atoms with Crippen molar-refractivity contribution in [3.05, 3.63) is 161 Å². The molecule has 0 amide bonds. The minimum atomic E-state index is 0.0368. The molecule has 2 unspecified atom stereocenters. The monoisotopic (exact) mass is 563 g/mol. The van der Waals surface area contributed by atoms with Gasteiger partial charge in [0.05, 0.1) is 11.0 Å². The van der Waals surface area contributed by atoms with Gasteiger partial charge in [-0.1, -0.05) is 129 Å². The maximum atomic E-state index is 2.53. The van der Waals surface area contributed by atoms with Gasteiger partial charge in [0.25, 0.3) is 0 Å². The molecule has 0 N–H and O–H groups in total. The Hall–Kier alpha value is -5.14. The van der Waals surface area contributed by atoms with Gasteiger partial charge in [-0.3, -0.25) is 0 Å². The number of para-hydroxylation sites is 1. The molecule has 1 heteroatoms. The highest BCUT2D eigenvalue weighted by Gasteiger charge is 2.45. The van der Waals surface area contributed by atoms with Gasteiger partial charge >= 0.3 is 0 Å². The Morgan fingerprint density at radius 1 is 0.500 bits per heavy atom. The Morgan fingerprint density at radius 2 is 1.09 bits per heavy atom. The van der Waals surface area contributed by atoms with Crippen molar-refractivity contribution in [3.8, 4) is 27.9 Å². The second-order valence-electron chi connectivity index (χ2n) is 13.0. The molecule has 9 rings (SSSR count). The van der Waals surface area contributed by atoms with Crippen molar-refractivity contribution in [1.29, 1.82) is 0 Å². The van der Waals surface area contributed by atoms with Crippen LogP contribution in [0.4, 0.5) is 0 Å². The molecule has 210 valence electrons. The summed E-state index contributed by atoms with van der Waals surface area (Å²) in [4.78, 5) is 0. The molecule has 7 aromatic rings. The number of nitrogens with zero attached hydrogens (tertiary/aromatic N) is 1. The summed E-state index contributed by atoms with van der Waals surface area (Å²) in [6.45, 7) is 4.88. The van der Waals surface area contributed by atoms with E-state index in [2.05, 4.69) is 170 Å². The third kappa shape index (κ3) is 3.72. The van der Waals surface area contributed by atoms with Crippen LogP contribution < -0.4 is 10.4 Å². The van der Waals surface area contributed by atoms with Gasteiger partial charge in [-0.05, 0) is 91.5 Å². The zero-order chi connectivity index (χ0) is 29.4. The smallest absolute Gasteiger partial charge is 0.0544 e. The predicted octanol–water partition coefficient (Wildman–Crippen LogP) is 9.38. The normalized spacial score (nSPS) is 17.9. The second-order valence-corrected chi connectivity index (χ2v) is 13.0. The van der Waals surface area contributed by atoms with Crippen molar-refractivity contribution >= 4 is 34.0 Å². The van der Waals surface area contributed by atoms with Gasteiger partial charge in [-0.2, -0.15) is 0 Å². The van der Waals surface area contributed by atoms with Crippen LogP contribution in [-0.4, -0.2) is 4.57 Å². The molecule has 1 heterocycles. The summed E-state index contributed by atoms with van der Waals surface area (Å²) >= 11 is 0. The average molecular weight is 564 g/mol. The van der Waals surface area contributed by atoms with Crippen LogP contribution in [0.25, 0.3) is 61.9 Å². The quantitative estimate of drug-likeness (QED) is 0.202. The summed E-state index contributed by atoms with van der Waals surface area (Å²) in [5.74, 6) is 0.797. The molecular formula is C43H33N. The van der Waals surface area contributed by atoms with Gasteiger partial charge in [-0.15, -0.1) is 0 Å². The van der Waals surface area contributed by atoms with Crippen molar-refractivity contribution < 1.29 is 0 Å². The fourth-order valence-corrected chi connectivity index (χ4v) is 8.01. The number of aromatic nitrogens is 1. The first-order valence-electron chi connectivity index (χ1n) is 15.7. The van der Waals surface area contributed by atoms with E-state index in [9.17, 15) is 0 Å². The molecular weight excluding hydrogens is 530 g/mol. The van der Waals surface area contributed by atoms with E-state index >= 15 is 0 Å². The van der Waals surface area contributed by atoms with E-state index in [0.717, 1.165) is 0 Å². The van der Waals surface area contributed by atoms with Crippen molar-refractivity contribution in [3.63, 3.8) is 0 Å². The summed E-state index contributed by atoms with van der Waals surface area (Å²) in [6, 6.07) is 51.4. The highest BCUT2D eigenvalue weighted by atomic mass is 15.0. The van der Waals surface area contributed by atoms with Gasteiger partial charge < -0.3 is 4.57 Å². The minimum Gasteiger partial charge on any atom is -0.309 e. The van der Waals surface area contributed by atoms with Gasteiger partial charge in [0.1, 0.15) is 0 Å². The Kier molecular flexibility index (Phi) is 5.44. The van der Waals surface area contributed by atoms with E-state index in [1.807, 2.05) is 0 Å². The summed E-state index contributed by atoms with van der Waals surface area (Å²) in [5.41, 5.74) is 11.6. The molecule has 2 atom stereocenters. The minimum absolute atomic E-state index is 0.0368. The lowest BCUT2D eigenvalue weighted by atomic mass is 9.74. The van der Waals surface area contributed by atoms with Crippen LogP contribution in [0.2, 0.25) is 0 Å². The molecule has 6 aromatic carbocycles. The first kappa shape index (κ1) is 25.4. The van der Waals surface area contributed by atoms with Crippen LogP contribution in [0.15, 0.2) is 140 Å². The second kappa shape index (κ2) is 9.43. The van der Waals surface area contributed by atoms with Crippen LogP contribution in [0.3, 0.4) is 0 Å². The lowest BCUT2D eigenvalue weighted by Crippen LogP contribution is -2.35. The first-order valence-corrected chi connectivity index (χ1v) is 15.7. The molecule has 2 aliphatic rings. The van der Waals surface area contributed by atoms with Crippen molar-refractivity contribution in [1.82, 2.24) is 4.57 Å². The Morgan fingerprint density at radius 3 is 1.77 bits per heavy atom. The molecule has 0 bridgehead atoms. The summed E-state index contributed by atoms with van der Waals surface area (Å²) in [6.07, 6.45) is 5.06. The molecule has 0 saturated heterocycles. The van der Waals surface area contributed by atoms with Crippen LogP contribution in [0.1, 0.15) is 30.9 Å². The molecule has 2 aliphatic carbocycles. The van der Waals surface area contributed by atoms with Crippen molar-refractivity contribution in [2.75, 3.05) is 0 Å². The fourth-order valence-electron chi connectivity index (χ4n) is 8.01. The largest absolute Gasteiger partial charge is 0.309 e. The van der Waals surface area contributed by atoms with Crippen LogP contribution >= 0.6 is 0 Å². The Bertz CT molecular complexity index is 2300. The van der Waals surface area contributed by atoms with E-state index in [1.54, 1.807) is 0 Å². The summed E-state index contributed by atoms with van der Waals surface area (Å²) < 4.78 is 2.50. The molecule has 0 aliphatic heterocycles. The maximum absolute atomic E-state index is 2.53. The molecule has 0 saturated carbocycles. The van der Waals surface area contributed by atoms with Gasteiger partial charge in [0.15, 0.2) is 0 Å². The summed E-state index contributed by atoms with van der Waals surface area (Å²) in [5, 5.41) is 5.34. The van der Waals surface area contributed by atoms with Crippen LogP contribution in [0.5, 0.6) is 0 Å². The highest BCUT2D eigenvalue weighted by Crippen LogP contribution is 2.54. The number of hydrogen-bond donors (Lipinski definition) is 0. The molecule has 0 radical (unpaired) electrons. The van der Waals surface area contributed by atoms with Gasteiger partial charge in [0, 0.05) is 22.4 Å². The third-order valence-electron chi connectivity index (χ3n) is 10.2. The van der Waals surface area contributed by atoms with Crippen LogP contribution in [0, 0.1) is 5.92 Å². The molecule has 1 nitrogen and oxygen atoms in total. The predicted molar refractivity (Wildman–Crippen MR) is 186 cm³/mol. The number of benzene rings is 6. The van der Waals surface area contributed by atoms with Crippen LogP contribution in [-0.2, 0) is 5.41 Å². The van der Waals surface area contributed by atoms with E-state index in [0.29, 0.717) is 11.8 Å². The lowest BCUT2D eigenvalue weighted by Gasteiger charge is -2.29. The zero-order valence-electron chi connectivity index (χ0n) is 25.0. The highest BCUT2D eigenvalue weighted by molar-refractivity contribution is 6.10. The van der Waals surface area contributed by atoms with E-state index < -0.39 is 0 Å². The Labute approximate surface area is 258 Å². The lowest BCUT2D eigenvalue weighted by molar-refractivity contribution is 0.422. The molecule has 0 fully saturated rings. The SMILES string of the molecule is CC1(C)c2cc3c4ccccc4n(-c4cc(-c5ccccc5)cc(-c5ccccc5)c4)c3cc2C2C=c3ccccc3=CC21. The van der Waals surface area contributed by atoms with Gasteiger partial charge in [0.2, 0.25) is 0 Å². The average Bonchev–Trinajstić information content (AvgIpc) is 3.51. The summed E-state index contributed by atoms with van der Waals surface area (Å²) in [7, 11) is 0. The van der Waals surface area contributed by atoms with Crippen molar-refractivity contribution in [2.24, 2.45) is 5.92 Å². The number of rotatable bonds is 3. The Balaban J connectivity index is 1.34. The number of fused-ring (bicyclic) bond motifs is 7. The topological polar surface area (TPSA) is 4.93 Å². The standard InChI is InChI=1S/C43H33N/c1-43(2)39-25-31-18-10-9-17-30(31)24-36(39)37-27-42-38(26-40(37)43)35-19-11-12-20-41(35)44(42)34-22-32(28-13-5-3-6-14-28)21-33(23-34)29-15-7-4-8-16-29/h3-27,36,39H,1-2H3. The van der Waals surface area contributed by atoms with Gasteiger partial charge in [-0.25, -0.2) is 0 Å². The van der Waals surface area contributed by atoms with Crippen molar-refractivity contribution in [2.45, 2.75) is 25.2 Å². The molecule has 44 heavy (non-hydrogen) atoms. The van der Waals surface area contributed by atoms with E-state index in [1.165, 1.54) is 71.3 Å². The molecule has 0 spiro atoms. The zero-order valence-corrected chi connectivity index (χ0v) is 25.0. The third-order valence-corrected chi connectivity index (χ3v) is 10.2. The number of hydrogen-bond acceptors (Lipinski definition) is 0. The van der Waals surface area contributed by atoms with E-state index in [-0.39, 0.29) is 5.41 Å².